The first kappa shape index (κ1) is 16.7. The molecule has 0 aliphatic carbocycles. The lowest BCUT2D eigenvalue weighted by molar-refractivity contribution is 0.612. The molecule has 110 valence electrons. The third-order valence-electron chi connectivity index (χ3n) is 3.10. The fraction of sp³-hybridized carbons (Fsp3) is 0.250. The van der Waals surface area contributed by atoms with Gasteiger partial charge in [0.1, 0.15) is 0 Å². The molecule has 0 saturated carbocycles. The van der Waals surface area contributed by atoms with Crippen LogP contribution in [0.25, 0.3) is 0 Å². The topological polar surface area (TPSA) is 24.7 Å². The van der Waals surface area contributed by atoms with E-state index in [0.29, 0.717) is 0 Å². The van der Waals surface area contributed by atoms with E-state index in [1.54, 1.807) is 0 Å². The minimum atomic E-state index is -0.871. The zero-order valence-electron chi connectivity index (χ0n) is 11.7. The standard InChI is InChI=1S/C16H15Br2ClN2/c1-11(12-5-3-7-14(17)9-12)20-21-16(2,19)13-6-4-8-15(18)10-13/h3-11H,1-2H3. The van der Waals surface area contributed by atoms with Crippen molar-refractivity contribution in [1.82, 2.24) is 0 Å². The van der Waals surface area contributed by atoms with Gasteiger partial charge in [0.2, 0.25) is 0 Å². The van der Waals surface area contributed by atoms with Crippen molar-refractivity contribution in [1.29, 1.82) is 0 Å². The lowest BCUT2D eigenvalue weighted by Gasteiger charge is -2.17. The number of rotatable bonds is 4. The van der Waals surface area contributed by atoms with Crippen molar-refractivity contribution in [3.63, 3.8) is 0 Å². The first-order valence-electron chi connectivity index (χ1n) is 6.51. The van der Waals surface area contributed by atoms with Gasteiger partial charge in [-0.25, -0.2) is 0 Å². The minimum Gasteiger partial charge on any atom is -0.184 e. The number of hydrogen-bond donors (Lipinski definition) is 0. The van der Waals surface area contributed by atoms with E-state index < -0.39 is 5.00 Å². The first-order chi connectivity index (χ1) is 9.88. The molecular formula is C16H15Br2ClN2. The van der Waals surface area contributed by atoms with Gasteiger partial charge in [-0.1, -0.05) is 67.7 Å². The van der Waals surface area contributed by atoms with Gasteiger partial charge in [-0.2, -0.15) is 10.2 Å². The minimum absolute atomic E-state index is 0.0484. The Morgan fingerprint density at radius 3 is 2.29 bits per heavy atom. The average Bonchev–Trinajstić information content (AvgIpc) is 2.45. The quantitative estimate of drug-likeness (QED) is 0.288. The molecule has 0 aromatic heterocycles. The maximum absolute atomic E-state index is 6.51. The summed E-state index contributed by atoms with van der Waals surface area (Å²) in [6.07, 6.45) is 0. The van der Waals surface area contributed by atoms with E-state index in [1.165, 1.54) is 0 Å². The second-order valence-electron chi connectivity index (χ2n) is 4.91. The summed E-state index contributed by atoms with van der Waals surface area (Å²) in [5.41, 5.74) is 2.00. The fourth-order valence-corrected chi connectivity index (χ4v) is 2.84. The fourth-order valence-electron chi connectivity index (χ4n) is 1.86. The monoisotopic (exact) mass is 428 g/mol. The maximum atomic E-state index is 6.51. The molecule has 2 aromatic rings. The van der Waals surface area contributed by atoms with Crippen molar-refractivity contribution in [3.05, 3.63) is 68.6 Å². The van der Waals surface area contributed by atoms with Crippen LogP contribution in [0.3, 0.4) is 0 Å². The molecule has 2 unspecified atom stereocenters. The van der Waals surface area contributed by atoms with Crippen LogP contribution in [-0.2, 0) is 5.00 Å². The third kappa shape index (κ3) is 4.63. The molecule has 0 bridgehead atoms. The van der Waals surface area contributed by atoms with E-state index in [0.717, 1.165) is 20.1 Å². The van der Waals surface area contributed by atoms with Crippen molar-refractivity contribution in [2.24, 2.45) is 10.2 Å². The van der Waals surface area contributed by atoms with Crippen LogP contribution in [0.1, 0.15) is 31.0 Å². The number of alkyl halides is 1. The molecule has 0 saturated heterocycles. The van der Waals surface area contributed by atoms with Crippen LogP contribution in [0.4, 0.5) is 0 Å². The van der Waals surface area contributed by atoms with Crippen LogP contribution in [0.15, 0.2) is 67.7 Å². The molecule has 0 amide bonds. The molecule has 2 nitrogen and oxygen atoms in total. The Morgan fingerprint density at radius 2 is 1.67 bits per heavy atom. The van der Waals surface area contributed by atoms with Crippen molar-refractivity contribution in [3.8, 4) is 0 Å². The van der Waals surface area contributed by atoms with Crippen LogP contribution in [0.5, 0.6) is 0 Å². The molecule has 2 atom stereocenters. The Hall–Kier alpha value is -0.710. The molecule has 0 spiro atoms. The highest BCUT2D eigenvalue weighted by Crippen LogP contribution is 2.33. The summed E-state index contributed by atoms with van der Waals surface area (Å²) in [6.45, 7) is 3.84. The Bertz CT molecular complexity index is 656. The van der Waals surface area contributed by atoms with Crippen molar-refractivity contribution < 1.29 is 0 Å². The van der Waals surface area contributed by atoms with Crippen LogP contribution >= 0.6 is 43.5 Å². The summed E-state index contributed by atoms with van der Waals surface area (Å²) in [7, 11) is 0. The molecule has 21 heavy (non-hydrogen) atoms. The molecule has 5 heteroatoms. The molecular weight excluding hydrogens is 415 g/mol. The van der Waals surface area contributed by atoms with E-state index in [2.05, 4.69) is 42.1 Å². The second kappa shape index (κ2) is 7.03. The second-order valence-corrected chi connectivity index (χ2v) is 7.48. The largest absolute Gasteiger partial charge is 0.184 e. The predicted molar refractivity (Wildman–Crippen MR) is 94.8 cm³/mol. The predicted octanol–water partition coefficient (Wildman–Crippen LogP) is 6.84. The van der Waals surface area contributed by atoms with Crippen LogP contribution in [0.2, 0.25) is 0 Å². The molecule has 0 aliphatic heterocycles. The number of benzene rings is 2. The van der Waals surface area contributed by atoms with Crippen molar-refractivity contribution in [2.45, 2.75) is 24.9 Å². The Labute approximate surface area is 146 Å². The Kier molecular flexibility index (Phi) is 5.58. The van der Waals surface area contributed by atoms with Gasteiger partial charge in [0.15, 0.2) is 5.00 Å². The summed E-state index contributed by atoms with van der Waals surface area (Å²) in [5, 5.41) is 8.70. The van der Waals surface area contributed by atoms with Crippen molar-refractivity contribution in [2.75, 3.05) is 0 Å². The maximum Gasteiger partial charge on any atom is 0.176 e. The van der Waals surface area contributed by atoms with Gasteiger partial charge in [0.05, 0.1) is 6.04 Å². The Balaban J connectivity index is 2.19. The lowest BCUT2D eigenvalue weighted by atomic mass is 10.1. The van der Waals surface area contributed by atoms with Gasteiger partial charge in [-0.05, 0) is 49.2 Å². The highest BCUT2D eigenvalue weighted by molar-refractivity contribution is 9.10. The van der Waals surface area contributed by atoms with Gasteiger partial charge in [0.25, 0.3) is 0 Å². The summed E-state index contributed by atoms with van der Waals surface area (Å²) in [6, 6.07) is 15.8. The van der Waals surface area contributed by atoms with E-state index in [4.69, 9.17) is 11.6 Å². The van der Waals surface area contributed by atoms with E-state index >= 15 is 0 Å². The van der Waals surface area contributed by atoms with Gasteiger partial charge in [-0.15, -0.1) is 0 Å². The first-order valence-corrected chi connectivity index (χ1v) is 8.47. The van der Waals surface area contributed by atoms with Crippen LogP contribution < -0.4 is 0 Å². The van der Waals surface area contributed by atoms with E-state index in [-0.39, 0.29) is 6.04 Å². The highest BCUT2D eigenvalue weighted by Gasteiger charge is 2.23. The van der Waals surface area contributed by atoms with Gasteiger partial charge < -0.3 is 0 Å². The molecule has 0 heterocycles. The van der Waals surface area contributed by atoms with Crippen molar-refractivity contribution >= 4 is 43.5 Å². The van der Waals surface area contributed by atoms with Gasteiger partial charge in [0, 0.05) is 8.95 Å². The van der Waals surface area contributed by atoms with Crippen LogP contribution in [-0.4, -0.2) is 0 Å². The lowest BCUT2D eigenvalue weighted by Crippen LogP contribution is -2.09. The highest BCUT2D eigenvalue weighted by atomic mass is 79.9. The smallest absolute Gasteiger partial charge is 0.176 e. The van der Waals surface area contributed by atoms with E-state index in [1.807, 2.05) is 62.4 Å². The zero-order chi connectivity index (χ0) is 15.5. The Morgan fingerprint density at radius 1 is 1.05 bits per heavy atom. The number of nitrogens with zero attached hydrogens (tertiary/aromatic N) is 2. The van der Waals surface area contributed by atoms with Gasteiger partial charge >= 0.3 is 0 Å². The summed E-state index contributed by atoms with van der Waals surface area (Å²) >= 11 is 13.4. The normalized spacial score (nSPS) is 15.9. The van der Waals surface area contributed by atoms with Gasteiger partial charge in [-0.3, -0.25) is 0 Å². The van der Waals surface area contributed by atoms with E-state index in [9.17, 15) is 0 Å². The molecule has 0 radical (unpaired) electrons. The summed E-state index contributed by atoms with van der Waals surface area (Å²) in [5.74, 6) is 0. The molecule has 2 aromatic carbocycles. The average molecular weight is 431 g/mol. The molecule has 0 aliphatic rings. The summed E-state index contributed by atoms with van der Waals surface area (Å²) < 4.78 is 2.00. The summed E-state index contributed by atoms with van der Waals surface area (Å²) in [4.78, 5) is -0.871. The number of hydrogen-bond acceptors (Lipinski definition) is 2. The molecule has 0 N–H and O–H groups in total. The molecule has 2 rings (SSSR count). The SMILES string of the molecule is CC(N=NC(C)(Cl)c1cccc(Br)c1)c1cccc(Br)c1. The molecule has 0 fully saturated rings. The zero-order valence-corrected chi connectivity index (χ0v) is 15.7. The third-order valence-corrected chi connectivity index (χ3v) is 4.38. The number of azo groups is 1. The number of halogens is 3. The van der Waals surface area contributed by atoms with Crippen LogP contribution in [0, 0.1) is 0 Å².